The molecule has 0 saturated carbocycles. The molecule has 3 aromatic rings. The van der Waals surface area contributed by atoms with Crippen LogP contribution < -0.4 is 14.2 Å². The molecule has 2 aromatic carbocycles. The Bertz CT molecular complexity index is 1020. The average Bonchev–Trinajstić information content (AvgIpc) is 3.07. The Morgan fingerprint density at radius 1 is 1.21 bits per heavy atom. The van der Waals surface area contributed by atoms with Crippen molar-refractivity contribution in [3.8, 4) is 23.0 Å². The van der Waals surface area contributed by atoms with Crippen molar-refractivity contribution in [1.29, 1.82) is 0 Å². The number of aromatic hydroxyl groups is 1. The number of hydrogen-bond acceptors (Lipinski definition) is 6. The third-order valence-electron chi connectivity index (χ3n) is 3.87. The molecule has 148 valence electrons. The molecule has 28 heavy (non-hydrogen) atoms. The summed E-state index contributed by atoms with van der Waals surface area (Å²) in [7, 11) is 1.31. The van der Waals surface area contributed by atoms with Gasteiger partial charge in [0.25, 0.3) is 0 Å². The molecule has 1 N–H and O–H groups in total. The van der Waals surface area contributed by atoms with Gasteiger partial charge >= 0.3 is 6.36 Å². The Balaban J connectivity index is 1.97. The summed E-state index contributed by atoms with van der Waals surface area (Å²) < 4.78 is 57.1. The van der Waals surface area contributed by atoms with E-state index >= 15 is 0 Å². The highest BCUT2D eigenvalue weighted by Crippen LogP contribution is 2.46. The van der Waals surface area contributed by atoms with Crippen LogP contribution in [0.1, 0.15) is 22.8 Å². The highest BCUT2D eigenvalue weighted by Gasteiger charge is 2.31. The topological polar surface area (TPSA) is 78.1 Å². The maximum atomic E-state index is 12.4. The van der Waals surface area contributed by atoms with E-state index in [1.54, 1.807) is 0 Å². The van der Waals surface area contributed by atoms with Crippen LogP contribution in [-0.2, 0) is 6.61 Å². The number of Topliss-reactive ketones (excluding diaryl/α,β-unsaturated/α-hetero) is 1. The Kier molecular flexibility index (Phi) is 5.08. The molecule has 0 amide bonds. The van der Waals surface area contributed by atoms with Gasteiger partial charge in [0.05, 0.1) is 18.8 Å². The summed E-state index contributed by atoms with van der Waals surface area (Å²) in [6.07, 6.45) is -3.48. The third kappa shape index (κ3) is 3.83. The molecule has 0 spiro atoms. The molecule has 0 radical (unpaired) electrons. The Morgan fingerprint density at radius 2 is 1.96 bits per heavy atom. The van der Waals surface area contributed by atoms with Gasteiger partial charge in [0.1, 0.15) is 23.7 Å². The number of ether oxygens (including phenoxy) is 3. The van der Waals surface area contributed by atoms with E-state index in [0.717, 1.165) is 12.1 Å². The summed E-state index contributed by atoms with van der Waals surface area (Å²) >= 11 is 0. The van der Waals surface area contributed by atoms with Gasteiger partial charge in [-0.25, -0.2) is 0 Å². The quantitative estimate of drug-likeness (QED) is 0.602. The van der Waals surface area contributed by atoms with Gasteiger partial charge in [0, 0.05) is 0 Å². The number of halogens is 3. The Labute approximate surface area is 157 Å². The normalized spacial score (nSPS) is 11.5. The van der Waals surface area contributed by atoms with E-state index in [4.69, 9.17) is 13.9 Å². The number of fused-ring (bicyclic) bond motifs is 1. The minimum absolute atomic E-state index is 0.0156. The van der Waals surface area contributed by atoms with Gasteiger partial charge in [-0.15, -0.1) is 13.2 Å². The highest BCUT2D eigenvalue weighted by atomic mass is 19.4. The first-order valence-corrected chi connectivity index (χ1v) is 7.99. The highest BCUT2D eigenvalue weighted by molar-refractivity contribution is 6.08. The van der Waals surface area contributed by atoms with Crippen molar-refractivity contribution in [2.24, 2.45) is 0 Å². The van der Waals surface area contributed by atoms with E-state index in [0.29, 0.717) is 10.9 Å². The van der Waals surface area contributed by atoms with Gasteiger partial charge in [-0.3, -0.25) is 4.79 Å². The average molecular weight is 396 g/mol. The number of carbonyl (C=O) groups excluding carboxylic acids is 1. The molecule has 6 nitrogen and oxygen atoms in total. The van der Waals surface area contributed by atoms with Crippen molar-refractivity contribution < 1.29 is 41.7 Å². The SMILES string of the molecule is COc1c(O)c(C(C)=O)c(OCc2cccc(OC(F)(F)F)c2)c2ccoc12. The van der Waals surface area contributed by atoms with Gasteiger partial charge in [-0.1, -0.05) is 12.1 Å². The number of hydrogen-bond donors (Lipinski definition) is 1. The molecule has 1 heterocycles. The fourth-order valence-electron chi connectivity index (χ4n) is 2.78. The first-order valence-electron chi connectivity index (χ1n) is 7.99. The molecule has 9 heteroatoms. The lowest BCUT2D eigenvalue weighted by molar-refractivity contribution is -0.274. The van der Waals surface area contributed by atoms with Crippen molar-refractivity contribution in [2.75, 3.05) is 7.11 Å². The van der Waals surface area contributed by atoms with E-state index in [9.17, 15) is 23.1 Å². The molecule has 0 saturated heterocycles. The first-order chi connectivity index (χ1) is 13.2. The zero-order valence-electron chi connectivity index (χ0n) is 14.8. The summed E-state index contributed by atoms with van der Waals surface area (Å²) in [5.41, 5.74) is 0.422. The number of methoxy groups -OCH3 is 1. The number of benzene rings is 2. The Morgan fingerprint density at radius 3 is 2.61 bits per heavy atom. The van der Waals surface area contributed by atoms with E-state index < -0.39 is 23.6 Å². The van der Waals surface area contributed by atoms with Crippen molar-refractivity contribution in [3.05, 3.63) is 47.7 Å². The molecular formula is C19H15F3O6. The van der Waals surface area contributed by atoms with Gasteiger partial charge in [0.15, 0.2) is 17.1 Å². The second kappa shape index (κ2) is 7.34. The van der Waals surface area contributed by atoms with E-state index in [2.05, 4.69) is 4.74 Å². The number of rotatable bonds is 6. The van der Waals surface area contributed by atoms with Crippen molar-refractivity contribution >= 4 is 16.8 Å². The van der Waals surface area contributed by atoms with E-state index in [1.165, 1.54) is 38.5 Å². The van der Waals surface area contributed by atoms with Gasteiger partial charge in [-0.2, -0.15) is 0 Å². The van der Waals surface area contributed by atoms with Crippen molar-refractivity contribution in [2.45, 2.75) is 19.9 Å². The maximum Gasteiger partial charge on any atom is 0.573 e. The summed E-state index contributed by atoms with van der Waals surface area (Å²) in [5, 5.41) is 10.8. The number of alkyl halides is 3. The van der Waals surface area contributed by atoms with Crippen LogP contribution in [0.15, 0.2) is 41.0 Å². The first kappa shape index (κ1) is 19.4. The van der Waals surface area contributed by atoms with Crippen LogP contribution in [0.3, 0.4) is 0 Å². The fourth-order valence-corrected chi connectivity index (χ4v) is 2.78. The molecule has 0 atom stereocenters. The molecule has 0 unspecified atom stereocenters. The van der Waals surface area contributed by atoms with Crippen LogP contribution in [0.25, 0.3) is 11.0 Å². The Hall–Kier alpha value is -3.36. The molecule has 0 fully saturated rings. The third-order valence-corrected chi connectivity index (χ3v) is 3.87. The lowest BCUT2D eigenvalue weighted by atomic mass is 10.0. The van der Waals surface area contributed by atoms with Crippen LogP contribution in [0.2, 0.25) is 0 Å². The van der Waals surface area contributed by atoms with Crippen molar-refractivity contribution in [3.63, 3.8) is 0 Å². The van der Waals surface area contributed by atoms with E-state index in [1.807, 2.05) is 0 Å². The van der Waals surface area contributed by atoms with Crippen LogP contribution in [0, 0.1) is 0 Å². The summed E-state index contributed by atoms with van der Waals surface area (Å²) in [6, 6.07) is 6.77. The predicted octanol–water partition coefficient (Wildman–Crippen LogP) is 4.83. The monoisotopic (exact) mass is 396 g/mol. The molecule has 1 aromatic heterocycles. The minimum atomic E-state index is -4.81. The second-order valence-electron chi connectivity index (χ2n) is 5.79. The van der Waals surface area contributed by atoms with Crippen LogP contribution in [-0.4, -0.2) is 24.4 Å². The lowest BCUT2D eigenvalue weighted by Crippen LogP contribution is -2.17. The minimum Gasteiger partial charge on any atom is -0.504 e. The number of carbonyl (C=O) groups is 1. The predicted molar refractivity (Wildman–Crippen MR) is 91.9 cm³/mol. The van der Waals surface area contributed by atoms with Gasteiger partial charge in [-0.05, 0) is 30.7 Å². The number of ketones is 1. The van der Waals surface area contributed by atoms with Crippen LogP contribution in [0.4, 0.5) is 13.2 Å². The van der Waals surface area contributed by atoms with E-state index in [-0.39, 0.29) is 29.3 Å². The molecule has 0 aliphatic heterocycles. The zero-order valence-corrected chi connectivity index (χ0v) is 14.8. The molecule has 0 bridgehead atoms. The largest absolute Gasteiger partial charge is 0.573 e. The standard InChI is InChI=1S/C19H15F3O6/c1-10(23)14-15(24)18(25-2)17-13(6-7-26-17)16(14)27-9-11-4-3-5-12(8-11)28-19(20,21)22/h3-8,24H,9H2,1-2H3. The number of furan rings is 1. The smallest absolute Gasteiger partial charge is 0.504 e. The van der Waals surface area contributed by atoms with Gasteiger partial charge in [0.2, 0.25) is 5.75 Å². The lowest BCUT2D eigenvalue weighted by Gasteiger charge is -2.15. The number of phenolic OH excluding ortho intramolecular Hbond substituents is 1. The molecule has 3 rings (SSSR count). The summed E-state index contributed by atoms with van der Waals surface area (Å²) in [5.74, 6) is -1.30. The summed E-state index contributed by atoms with van der Waals surface area (Å²) in [4.78, 5) is 12.1. The van der Waals surface area contributed by atoms with Crippen molar-refractivity contribution in [1.82, 2.24) is 0 Å². The molecule has 0 aliphatic rings. The van der Waals surface area contributed by atoms with Crippen LogP contribution >= 0.6 is 0 Å². The zero-order chi connectivity index (χ0) is 20.5. The molecular weight excluding hydrogens is 381 g/mol. The summed E-state index contributed by atoms with van der Waals surface area (Å²) in [6.45, 7) is 1.06. The fraction of sp³-hybridized carbons (Fsp3) is 0.211. The van der Waals surface area contributed by atoms with Crippen LogP contribution in [0.5, 0.6) is 23.0 Å². The van der Waals surface area contributed by atoms with Gasteiger partial charge < -0.3 is 23.7 Å². The molecule has 0 aliphatic carbocycles. The second-order valence-corrected chi connectivity index (χ2v) is 5.79. The number of phenols is 1. The maximum absolute atomic E-state index is 12.4.